The molecule has 3 heterocycles. The van der Waals surface area contributed by atoms with Gasteiger partial charge in [0.15, 0.2) is 0 Å². The van der Waals surface area contributed by atoms with Crippen molar-refractivity contribution in [1.82, 2.24) is 24.9 Å². The van der Waals surface area contributed by atoms with Gasteiger partial charge in [-0.05, 0) is 69.2 Å². The van der Waals surface area contributed by atoms with E-state index in [9.17, 15) is 9.59 Å². The van der Waals surface area contributed by atoms with Gasteiger partial charge < -0.3 is 9.64 Å². The van der Waals surface area contributed by atoms with Crippen molar-refractivity contribution < 1.29 is 18.7 Å². The Morgan fingerprint density at radius 2 is 1.93 bits per heavy atom. The first-order valence-corrected chi connectivity index (χ1v) is 13.7. The highest BCUT2D eigenvalue weighted by Gasteiger charge is 2.39. The average Bonchev–Trinajstić information content (AvgIpc) is 3.35. The highest BCUT2D eigenvalue weighted by molar-refractivity contribution is 6.11. The molecule has 2 aromatic heterocycles. The topological polar surface area (TPSA) is 93.5 Å². The van der Waals surface area contributed by atoms with E-state index in [4.69, 9.17) is 4.74 Å². The van der Waals surface area contributed by atoms with E-state index < -0.39 is 29.5 Å². The number of carbonyl (C=O) groups excluding carboxylic acids is 2. The number of piperidine rings is 1. The molecule has 2 amide bonds. The van der Waals surface area contributed by atoms with Crippen molar-refractivity contribution >= 4 is 28.6 Å². The zero-order chi connectivity index (χ0) is 29.5. The van der Waals surface area contributed by atoms with E-state index >= 15 is 4.39 Å². The summed E-state index contributed by atoms with van der Waals surface area (Å²) >= 11 is 0. The third-order valence-electron chi connectivity index (χ3n) is 7.43. The van der Waals surface area contributed by atoms with Crippen molar-refractivity contribution in [2.24, 2.45) is 13.0 Å². The number of aryl methyl sites for hydroxylation is 2. The fourth-order valence-electron chi connectivity index (χ4n) is 5.31. The van der Waals surface area contributed by atoms with E-state index in [0.29, 0.717) is 30.0 Å². The summed E-state index contributed by atoms with van der Waals surface area (Å²) in [4.78, 5) is 35.4. The minimum Gasteiger partial charge on any atom is -0.444 e. The maximum Gasteiger partial charge on any atom is 0.410 e. The predicted octanol–water partition coefficient (Wildman–Crippen LogP) is 5.77. The van der Waals surface area contributed by atoms with Crippen LogP contribution in [0, 0.1) is 18.7 Å². The lowest BCUT2D eigenvalue weighted by molar-refractivity contribution is 0.0161. The molecule has 5 rings (SSSR count). The van der Waals surface area contributed by atoms with Crippen LogP contribution in [0.1, 0.15) is 50.0 Å². The number of hydrogen-bond donors (Lipinski definition) is 0. The van der Waals surface area contributed by atoms with Gasteiger partial charge in [0, 0.05) is 37.3 Å². The normalized spacial score (nSPS) is 17.5. The molecule has 0 bridgehead atoms. The lowest BCUT2D eigenvalue weighted by Gasteiger charge is -2.43. The SMILES string of the molecule is Cc1cccc2ccnc(N(C(=O)c3ccc(-c4cn(C)nn4)cc3F)C3CN(C(=O)OC(C)(C)C)CC[C@@H]3C)c12. The Bertz CT molecular complexity index is 1610. The van der Waals surface area contributed by atoms with Crippen molar-refractivity contribution in [3.63, 3.8) is 0 Å². The van der Waals surface area contributed by atoms with E-state index in [1.165, 1.54) is 16.8 Å². The number of rotatable bonds is 4. The van der Waals surface area contributed by atoms with E-state index in [1.807, 2.05) is 58.9 Å². The van der Waals surface area contributed by atoms with Gasteiger partial charge in [-0.15, -0.1) is 5.10 Å². The smallest absolute Gasteiger partial charge is 0.410 e. The number of likely N-dealkylation sites (tertiary alicyclic amines) is 1. The van der Waals surface area contributed by atoms with Crippen LogP contribution < -0.4 is 4.90 Å². The molecule has 2 atom stereocenters. The number of halogens is 1. The van der Waals surface area contributed by atoms with Gasteiger partial charge in [-0.2, -0.15) is 0 Å². The van der Waals surface area contributed by atoms with Gasteiger partial charge >= 0.3 is 6.09 Å². The number of carbonyl (C=O) groups is 2. The highest BCUT2D eigenvalue weighted by atomic mass is 19.1. The third-order valence-corrected chi connectivity index (χ3v) is 7.43. The molecule has 41 heavy (non-hydrogen) atoms. The van der Waals surface area contributed by atoms with Crippen LogP contribution in [0.4, 0.5) is 15.0 Å². The van der Waals surface area contributed by atoms with Gasteiger partial charge in [-0.3, -0.25) is 14.4 Å². The summed E-state index contributed by atoms with van der Waals surface area (Å²) in [5.74, 6) is -0.765. The number of ether oxygens (including phenoxy) is 1. The number of aromatic nitrogens is 4. The molecule has 10 heteroatoms. The molecule has 0 aliphatic carbocycles. The van der Waals surface area contributed by atoms with Gasteiger partial charge in [0.2, 0.25) is 0 Å². The molecular weight excluding hydrogens is 523 g/mol. The van der Waals surface area contributed by atoms with E-state index in [-0.39, 0.29) is 18.0 Å². The lowest BCUT2D eigenvalue weighted by Crippen LogP contribution is -2.56. The Balaban J connectivity index is 1.60. The second-order valence-corrected chi connectivity index (χ2v) is 11.7. The number of hydrogen-bond acceptors (Lipinski definition) is 6. The second kappa shape index (κ2) is 10.9. The summed E-state index contributed by atoms with van der Waals surface area (Å²) in [6.45, 7) is 10.2. The summed E-state index contributed by atoms with van der Waals surface area (Å²) < 4.78 is 22.9. The maximum absolute atomic E-state index is 15.7. The van der Waals surface area contributed by atoms with E-state index in [2.05, 4.69) is 15.3 Å². The Morgan fingerprint density at radius 3 is 2.61 bits per heavy atom. The van der Waals surface area contributed by atoms with Crippen molar-refractivity contribution in [2.45, 2.75) is 52.7 Å². The number of amides is 2. The largest absolute Gasteiger partial charge is 0.444 e. The van der Waals surface area contributed by atoms with Gasteiger partial charge in [-0.1, -0.05) is 36.4 Å². The molecule has 1 fully saturated rings. The summed E-state index contributed by atoms with van der Waals surface area (Å²) in [6.07, 6.45) is 3.54. The number of benzene rings is 2. The van der Waals surface area contributed by atoms with Crippen LogP contribution in [0.5, 0.6) is 0 Å². The van der Waals surface area contributed by atoms with Crippen molar-refractivity contribution in [3.05, 3.63) is 71.8 Å². The molecule has 2 aromatic carbocycles. The number of pyridine rings is 1. The predicted molar refractivity (Wildman–Crippen MR) is 155 cm³/mol. The van der Waals surface area contributed by atoms with Crippen molar-refractivity contribution in [3.8, 4) is 11.3 Å². The fourth-order valence-corrected chi connectivity index (χ4v) is 5.31. The van der Waals surface area contributed by atoms with Crippen LogP contribution in [-0.4, -0.2) is 61.6 Å². The van der Waals surface area contributed by atoms with Crippen LogP contribution in [-0.2, 0) is 11.8 Å². The lowest BCUT2D eigenvalue weighted by atomic mass is 9.91. The first kappa shape index (κ1) is 28.2. The van der Waals surface area contributed by atoms with Crippen LogP contribution >= 0.6 is 0 Å². The van der Waals surface area contributed by atoms with Gasteiger partial charge in [0.05, 0.1) is 17.8 Å². The summed E-state index contributed by atoms with van der Waals surface area (Å²) in [5, 5.41) is 9.69. The maximum atomic E-state index is 15.7. The van der Waals surface area contributed by atoms with E-state index in [1.54, 1.807) is 35.3 Å². The minimum absolute atomic E-state index is 0.000591. The molecule has 1 saturated heterocycles. The third kappa shape index (κ3) is 5.77. The van der Waals surface area contributed by atoms with Crippen LogP contribution in [0.2, 0.25) is 0 Å². The van der Waals surface area contributed by atoms with Gasteiger partial charge in [0.1, 0.15) is 22.9 Å². The fraction of sp³-hybridized carbons (Fsp3) is 0.387. The Morgan fingerprint density at radius 1 is 1.15 bits per heavy atom. The first-order chi connectivity index (χ1) is 19.4. The number of fused-ring (bicyclic) bond motifs is 1. The summed E-state index contributed by atoms with van der Waals surface area (Å²) in [6, 6.07) is 11.7. The Kier molecular flexibility index (Phi) is 7.50. The second-order valence-electron chi connectivity index (χ2n) is 11.7. The zero-order valence-electron chi connectivity index (χ0n) is 24.3. The molecule has 0 saturated carbocycles. The zero-order valence-corrected chi connectivity index (χ0v) is 24.3. The standard InChI is InChI=1S/C31H35FN6O3/c1-19-13-15-37(30(40)41-31(3,4)5)18-26(19)38(28-27-20(2)8-7-9-21(27)12-14-33-28)29(39)23-11-10-22(16-24(23)32)25-17-36(6)35-34-25/h7-12,14,16-17,19,26H,13,15,18H2,1-6H3/t19-,26?/m0/s1. The Labute approximate surface area is 238 Å². The molecule has 214 valence electrons. The van der Waals surface area contributed by atoms with Crippen LogP contribution in [0.15, 0.2) is 54.9 Å². The van der Waals surface area contributed by atoms with Crippen molar-refractivity contribution in [1.29, 1.82) is 0 Å². The minimum atomic E-state index is -0.674. The number of anilines is 1. The molecule has 1 aliphatic heterocycles. The molecule has 1 unspecified atom stereocenters. The first-order valence-electron chi connectivity index (χ1n) is 13.7. The Hall–Kier alpha value is -4.34. The summed E-state index contributed by atoms with van der Waals surface area (Å²) in [7, 11) is 1.73. The quantitative estimate of drug-likeness (QED) is 0.316. The monoisotopic (exact) mass is 558 g/mol. The van der Waals surface area contributed by atoms with E-state index in [0.717, 1.165) is 16.3 Å². The van der Waals surface area contributed by atoms with Gasteiger partial charge in [0.25, 0.3) is 5.91 Å². The molecule has 0 radical (unpaired) electrons. The highest BCUT2D eigenvalue weighted by Crippen LogP contribution is 2.35. The summed E-state index contributed by atoms with van der Waals surface area (Å²) in [5.41, 5.74) is 1.21. The average molecular weight is 559 g/mol. The molecule has 0 N–H and O–H groups in total. The molecular formula is C31H35FN6O3. The molecule has 4 aromatic rings. The van der Waals surface area contributed by atoms with Crippen molar-refractivity contribution in [2.75, 3.05) is 18.0 Å². The van der Waals surface area contributed by atoms with Gasteiger partial charge in [-0.25, -0.2) is 14.2 Å². The molecule has 9 nitrogen and oxygen atoms in total. The van der Waals surface area contributed by atoms with Crippen LogP contribution in [0.25, 0.3) is 22.0 Å². The number of nitrogens with zero attached hydrogens (tertiary/aromatic N) is 6. The van der Waals surface area contributed by atoms with Crippen LogP contribution in [0.3, 0.4) is 0 Å². The molecule has 1 aliphatic rings. The molecule has 0 spiro atoms.